The maximum Gasteiger partial charge on any atom is 0.410 e. The monoisotopic (exact) mass is 878 g/mol. The van der Waals surface area contributed by atoms with Crippen LogP contribution in [-0.2, 0) is 23.8 Å². The van der Waals surface area contributed by atoms with Crippen molar-refractivity contribution in [3.8, 4) is 41.2 Å². The molecule has 2 aromatic heterocycles. The predicted octanol–water partition coefficient (Wildman–Crippen LogP) is 6.42. The third-order valence-electron chi connectivity index (χ3n) is 12.3. The first-order chi connectivity index (χ1) is 29.5. The average Bonchev–Trinajstić information content (AvgIpc) is 3.74. The van der Waals surface area contributed by atoms with Crippen LogP contribution in [0.15, 0.2) is 24.3 Å². The molecule has 2 aromatic carbocycles. The van der Waals surface area contributed by atoms with Gasteiger partial charge in [0.2, 0.25) is 5.88 Å². The molecule has 0 aliphatic carbocycles. The van der Waals surface area contributed by atoms with E-state index < -0.39 is 51.1 Å². The van der Waals surface area contributed by atoms with Crippen molar-refractivity contribution < 1.29 is 49.9 Å². The molecule has 4 aliphatic rings. The van der Waals surface area contributed by atoms with E-state index in [0.717, 1.165) is 32.1 Å². The first kappa shape index (κ1) is 43.6. The normalized spacial score (nSPS) is 23.7. The van der Waals surface area contributed by atoms with Crippen LogP contribution in [0.1, 0.15) is 72.3 Å². The van der Waals surface area contributed by atoms with Crippen molar-refractivity contribution in [1.29, 1.82) is 0 Å². The summed E-state index contributed by atoms with van der Waals surface area (Å²) in [7, 11) is -2.17. The zero-order chi connectivity index (χ0) is 44.3. The highest BCUT2D eigenvalue weighted by atomic mass is 32.2. The lowest BCUT2D eigenvalue weighted by Crippen LogP contribution is -2.66. The van der Waals surface area contributed by atoms with Gasteiger partial charge in [-0.25, -0.2) is 18.6 Å². The minimum atomic E-state index is -3.64. The molecule has 1 amide bonds. The van der Waals surface area contributed by atoms with E-state index in [9.17, 15) is 13.2 Å². The van der Waals surface area contributed by atoms with Crippen LogP contribution < -0.4 is 19.1 Å². The van der Waals surface area contributed by atoms with Crippen LogP contribution in [0.4, 0.5) is 19.4 Å². The number of hydrogen-bond donors (Lipinski definition) is 0. The van der Waals surface area contributed by atoms with Crippen molar-refractivity contribution in [3.63, 3.8) is 0 Å². The SMILES string of the molecule is C#Cc1c(F)ccc2cc(OCOC)cc(-c3nc4c5c(nc(OC[C@@]67CCCN6[C@H](COS(C)(=O)=O)CC7)nc5c3F)N3C[C@@H](C)N(C(=O)OC(C)(C)C)[C@@H](CC)[C@H]3CO4)c12. The lowest BCUT2D eigenvalue weighted by Gasteiger charge is -2.50. The van der Waals surface area contributed by atoms with Crippen LogP contribution in [-0.4, -0.2) is 128 Å². The van der Waals surface area contributed by atoms with Crippen molar-refractivity contribution in [1.82, 2.24) is 24.8 Å². The number of halogens is 2. The number of hydrogen-bond acceptors (Lipinski definition) is 14. The third kappa shape index (κ3) is 8.04. The van der Waals surface area contributed by atoms with Crippen molar-refractivity contribution in [2.45, 2.75) is 102 Å². The maximum absolute atomic E-state index is 17.8. The summed E-state index contributed by atoms with van der Waals surface area (Å²) in [6.45, 7) is 10.5. The third-order valence-corrected chi connectivity index (χ3v) is 12.9. The summed E-state index contributed by atoms with van der Waals surface area (Å²) in [5, 5.41) is 0.906. The number of nitrogens with zero attached hydrogens (tertiary/aromatic N) is 6. The Morgan fingerprint density at radius 3 is 2.61 bits per heavy atom. The molecule has 6 heterocycles. The molecule has 5 atom stereocenters. The van der Waals surface area contributed by atoms with Gasteiger partial charge < -0.3 is 28.6 Å². The molecule has 4 aliphatic heterocycles. The lowest BCUT2D eigenvalue weighted by molar-refractivity contribution is -0.00666. The number of benzene rings is 2. The van der Waals surface area contributed by atoms with E-state index in [4.69, 9.17) is 49.2 Å². The molecule has 18 heteroatoms. The van der Waals surface area contributed by atoms with E-state index in [1.807, 2.05) is 39.5 Å². The van der Waals surface area contributed by atoms with Crippen LogP contribution >= 0.6 is 0 Å². The van der Waals surface area contributed by atoms with E-state index in [1.165, 1.54) is 25.3 Å². The van der Waals surface area contributed by atoms with Gasteiger partial charge in [-0.05, 0) is 89.9 Å². The van der Waals surface area contributed by atoms with E-state index in [2.05, 4.69) is 10.8 Å². The summed E-state index contributed by atoms with van der Waals surface area (Å²) in [6.07, 6.45) is 10.1. The highest BCUT2D eigenvalue weighted by Crippen LogP contribution is 2.46. The molecule has 3 fully saturated rings. The zero-order valence-corrected chi connectivity index (χ0v) is 36.8. The Hall–Kier alpha value is -5.09. The van der Waals surface area contributed by atoms with E-state index in [-0.39, 0.29) is 90.2 Å². The fourth-order valence-corrected chi connectivity index (χ4v) is 10.1. The fourth-order valence-electron chi connectivity index (χ4n) is 9.74. The van der Waals surface area contributed by atoms with Gasteiger partial charge in [-0.3, -0.25) is 14.0 Å². The van der Waals surface area contributed by atoms with Gasteiger partial charge >= 0.3 is 12.1 Å². The molecule has 4 aromatic rings. The Bertz CT molecular complexity index is 2570. The number of amides is 1. The second-order valence-electron chi connectivity index (χ2n) is 17.6. The van der Waals surface area contributed by atoms with Gasteiger partial charge in [0.1, 0.15) is 52.8 Å². The van der Waals surface area contributed by atoms with Crippen molar-refractivity contribution in [2.75, 3.05) is 58.0 Å². The fraction of sp³-hybridized carbons (Fsp3) is 0.545. The maximum atomic E-state index is 17.8. The molecule has 15 nitrogen and oxygen atoms in total. The Labute approximate surface area is 360 Å². The molecular formula is C44H52F2N6O9S. The van der Waals surface area contributed by atoms with Crippen LogP contribution in [0.2, 0.25) is 0 Å². The number of anilines is 1. The van der Waals surface area contributed by atoms with E-state index >= 15 is 8.78 Å². The van der Waals surface area contributed by atoms with Crippen LogP contribution in [0.3, 0.4) is 0 Å². The zero-order valence-electron chi connectivity index (χ0n) is 36.0. The van der Waals surface area contributed by atoms with Crippen molar-refractivity contribution in [3.05, 3.63) is 41.5 Å². The van der Waals surface area contributed by atoms with Crippen LogP contribution in [0, 0.1) is 24.0 Å². The van der Waals surface area contributed by atoms with Crippen LogP contribution in [0.25, 0.3) is 32.9 Å². The van der Waals surface area contributed by atoms with Crippen molar-refractivity contribution in [2.24, 2.45) is 0 Å². The van der Waals surface area contributed by atoms with Gasteiger partial charge in [-0.1, -0.05) is 18.9 Å². The molecule has 0 spiro atoms. The molecule has 3 saturated heterocycles. The molecular weight excluding hydrogens is 827 g/mol. The topological polar surface area (TPSA) is 155 Å². The van der Waals surface area contributed by atoms with Gasteiger partial charge in [0, 0.05) is 30.6 Å². The van der Waals surface area contributed by atoms with E-state index in [1.54, 1.807) is 11.0 Å². The summed E-state index contributed by atoms with van der Waals surface area (Å²) in [5.74, 6) is 1.54. The Kier molecular flexibility index (Phi) is 11.6. The minimum Gasteiger partial charge on any atom is -0.475 e. The quantitative estimate of drug-likeness (QED) is 0.0924. The highest BCUT2D eigenvalue weighted by molar-refractivity contribution is 7.85. The molecule has 0 N–H and O–H groups in total. The summed E-state index contributed by atoms with van der Waals surface area (Å²) in [6, 6.07) is 4.44. The van der Waals surface area contributed by atoms with Gasteiger partial charge in [0.05, 0.1) is 42.1 Å². The van der Waals surface area contributed by atoms with Gasteiger partial charge in [-0.15, -0.1) is 6.42 Å². The Morgan fingerprint density at radius 1 is 1.11 bits per heavy atom. The van der Waals surface area contributed by atoms with Crippen molar-refractivity contribution >= 4 is 43.7 Å². The summed E-state index contributed by atoms with van der Waals surface area (Å²) >= 11 is 0. The molecule has 0 saturated carbocycles. The average molecular weight is 879 g/mol. The molecule has 62 heavy (non-hydrogen) atoms. The molecule has 0 radical (unpaired) electrons. The number of terminal acetylenes is 1. The minimum absolute atomic E-state index is 0.0266. The number of ether oxygens (including phenoxy) is 5. The van der Waals surface area contributed by atoms with Gasteiger partial charge in [-0.2, -0.15) is 18.4 Å². The summed E-state index contributed by atoms with van der Waals surface area (Å²) in [4.78, 5) is 34.3. The van der Waals surface area contributed by atoms with Gasteiger partial charge in [0.25, 0.3) is 10.1 Å². The van der Waals surface area contributed by atoms with E-state index in [0.29, 0.717) is 29.8 Å². The smallest absolute Gasteiger partial charge is 0.410 e. The standard InChI is InChI=1S/C44H52F2N6O9S/c1-9-29-31(45)13-12-26-18-28(59-24-56-7)19-30(34(26)29)37-36(46)38-35-39(49-41(48-38)58-23-44-15-11-17-51(44)27(14-16-44)21-60-62(8,54)55)50-20-25(3)52(42(53)61-43(4,5)6)32(10-2)33(50)22-57-40(35)47-37/h1,12-13,18-19,25,27,32-33H,10-11,14-17,20-24H2,2-8H3/t25-,27+,32+,33-,44+/m1/s1. The second kappa shape index (κ2) is 16.6. The molecule has 8 rings (SSSR count). The summed E-state index contributed by atoms with van der Waals surface area (Å²) in [5.41, 5.74) is -1.52. The van der Waals surface area contributed by atoms with Gasteiger partial charge in [0.15, 0.2) is 12.6 Å². The number of aromatic nitrogens is 3. The Morgan fingerprint density at radius 2 is 1.90 bits per heavy atom. The Balaban J connectivity index is 1.28. The van der Waals surface area contributed by atoms with Crippen LogP contribution in [0.5, 0.6) is 17.6 Å². The first-order valence-corrected chi connectivity index (χ1v) is 22.7. The number of fused-ring (bicyclic) bond motifs is 4. The number of methoxy groups -OCH3 is 1. The number of carbonyl (C=O) groups is 1. The molecule has 0 unspecified atom stereocenters. The summed E-state index contributed by atoms with van der Waals surface area (Å²) < 4.78 is 92.0. The number of pyridine rings is 1. The largest absolute Gasteiger partial charge is 0.475 e. The number of piperazine rings is 1. The molecule has 0 bridgehead atoms. The highest BCUT2D eigenvalue weighted by Gasteiger charge is 2.51. The second-order valence-corrected chi connectivity index (χ2v) is 19.2. The predicted molar refractivity (Wildman–Crippen MR) is 227 cm³/mol. The molecule has 332 valence electrons. The lowest BCUT2D eigenvalue weighted by atomic mass is 9.95. The number of carbonyl (C=O) groups excluding carboxylic acids is 1. The first-order valence-electron chi connectivity index (χ1n) is 20.9. The number of rotatable bonds is 11.